The molecule has 0 spiro atoms. The maximum Gasteiger partial charge on any atom is 0.330 e. The molecule has 0 unspecified atom stereocenters. The van der Waals surface area contributed by atoms with Gasteiger partial charge in [-0.3, -0.25) is 4.57 Å². The maximum atomic E-state index is 5.70. The number of nitrogens with zero attached hydrogens (tertiary/aromatic N) is 4. The lowest BCUT2D eigenvalue weighted by atomic mass is 10.2. The van der Waals surface area contributed by atoms with Gasteiger partial charge in [-0.1, -0.05) is 36.4 Å². The van der Waals surface area contributed by atoms with Gasteiger partial charge in [-0.05, 0) is 48.7 Å². The molecule has 0 N–H and O–H groups in total. The Bertz CT molecular complexity index is 1100. The van der Waals surface area contributed by atoms with Gasteiger partial charge in [0.15, 0.2) is 0 Å². The highest BCUT2D eigenvalue weighted by molar-refractivity contribution is 7.72. The Kier molecular flexibility index (Phi) is 3.36. The van der Waals surface area contributed by atoms with Gasteiger partial charge in [0.25, 0.3) is 0 Å². The van der Waals surface area contributed by atoms with E-state index in [9.17, 15) is 0 Å². The topological polar surface area (TPSA) is 48.3 Å². The van der Waals surface area contributed by atoms with Gasteiger partial charge in [0.1, 0.15) is 0 Å². The van der Waals surface area contributed by atoms with E-state index < -0.39 is 0 Å². The third kappa shape index (κ3) is 2.39. The lowest BCUT2D eigenvalue weighted by Crippen LogP contribution is -2.07. The fourth-order valence-corrected chi connectivity index (χ4v) is 2.92. The van der Waals surface area contributed by atoms with Crippen LogP contribution in [0.5, 0.6) is 0 Å². The zero-order valence-corrected chi connectivity index (χ0v) is 13.4. The van der Waals surface area contributed by atoms with Crippen molar-refractivity contribution in [1.29, 1.82) is 0 Å². The number of hydrogen-bond acceptors (Lipinski definition) is 5. The molecule has 0 aliphatic rings. The summed E-state index contributed by atoms with van der Waals surface area (Å²) < 4.78 is 9.62. The predicted molar refractivity (Wildman–Crippen MR) is 91.7 cm³/mol. The molecule has 23 heavy (non-hydrogen) atoms. The Morgan fingerprint density at radius 3 is 2.22 bits per heavy atom. The number of benzene rings is 2. The third-order valence-electron chi connectivity index (χ3n) is 3.35. The Labute approximate surface area is 141 Å². The van der Waals surface area contributed by atoms with Crippen LogP contribution < -0.4 is 0 Å². The molecule has 0 amide bonds. The highest BCUT2D eigenvalue weighted by Crippen LogP contribution is 2.19. The summed E-state index contributed by atoms with van der Waals surface area (Å²) in [6.45, 7) is 0. The number of rotatable bonds is 2. The molecular weight excluding hydrogens is 328 g/mol. The van der Waals surface area contributed by atoms with Gasteiger partial charge in [0.05, 0.1) is 5.69 Å². The Morgan fingerprint density at radius 2 is 1.52 bits per heavy atom. The normalized spacial score (nSPS) is 11.0. The second-order valence-corrected chi connectivity index (χ2v) is 5.55. The van der Waals surface area contributed by atoms with Gasteiger partial charge >= 0.3 is 5.84 Å². The first kappa shape index (κ1) is 14.0. The minimum Gasteiger partial charge on any atom is -0.403 e. The van der Waals surface area contributed by atoms with Crippen molar-refractivity contribution >= 4 is 30.3 Å². The van der Waals surface area contributed by atoms with Crippen molar-refractivity contribution in [2.24, 2.45) is 0 Å². The minimum absolute atomic E-state index is 0.283. The van der Waals surface area contributed by atoms with Gasteiger partial charge in [-0.15, -0.1) is 5.10 Å². The molecule has 5 nitrogen and oxygen atoms in total. The van der Waals surface area contributed by atoms with Gasteiger partial charge < -0.3 is 4.42 Å². The van der Waals surface area contributed by atoms with E-state index in [0.717, 1.165) is 11.3 Å². The first-order chi connectivity index (χ1) is 11.2. The molecule has 0 atom stereocenters. The van der Waals surface area contributed by atoms with Gasteiger partial charge in [0.2, 0.25) is 15.4 Å². The van der Waals surface area contributed by atoms with Crippen LogP contribution in [0.25, 0.3) is 23.0 Å². The summed E-state index contributed by atoms with van der Waals surface area (Å²) in [6.07, 6.45) is 0. The number of para-hydroxylation sites is 1. The molecule has 0 fully saturated rings. The molecule has 0 bridgehead atoms. The third-order valence-corrected chi connectivity index (χ3v) is 3.98. The monoisotopic (exact) mass is 338 g/mol. The maximum absolute atomic E-state index is 5.70. The highest BCUT2D eigenvalue weighted by Gasteiger charge is 2.12. The average molecular weight is 338 g/mol. The zero-order chi connectivity index (χ0) is 15.8. The van der Waals surface area contributed by atoms with Crippen LogP contribution in [0, 0.1) is 9.54 Å². The van der Waals surface area contributed by atoms with Crippen molar-refractivity contribution in [2.45, 2.75) is 0 Å². The molecule has 0 saturated carbocycles. The Morgan fingerprint density at radius 1 is 0.870 bits per heavy atom. The van der Waals surface area contributed by atoms with Crippen molar-refractivity contribution < 1.29 is 4.42 Å². The quantitative estimate of drug-likeness (QED) is 0.512. The van der Waals surface area contributed by atoms with E-state index in [1.807, 2.05) is 60.7 Å². The summed E-state index contributed by atoms with van der Waals surface area (Å²) in [6, 6.07) is 19.2. The first-order valence-corrected chi connectivity index (χ1v) is 7.69. The van der Waals surface area contributed by atoms with Crippen LogP contribution in [-0.2, 0) is 0 Å². The molecule has 0 aliphatic carbocycles. The first-order valence-electron chi connectivity index (χ1n) is 6.88. The molecule has 0 radical (unpaired) electrons. The number of fused-ring (bicyclic) bond motifs is 1. The van der Waals surface area contributed by atoms with Crippen LogP contribution in [-0.4, -0.2) is 19.2 Å². The van der Waals surface area contributed by atoms with Crippen LogP contribution in [0.1, 0.15) is 0 Å². The molecule has 7 heteroatoms. The smallest absolute Gasteiger partial charge is 0.330 e. The molecule has 2 aromatic heterocycles. The summed E-state index contributed by atoms with van der Waals surface area (Å²) in [4.78, 5) is 4.30. The Balaban J connectivity index is 1.99. The lowest BCUT2D eigenvalue weighted by Gasteiger charge is -2.05. The second kappa shape index (κ2) is 5.53. The molecule has 4 aromatic rings. The predicted octanol–water partition coefficient (Wildman–Crippen LogP) is 4.24. The molecule has 112 valence electrons. The zero-order valence-electron chi connectivity index (χ0n) is 11.8. The summed E-state index contributed by atoms with van der Waals surface area (Å²) in [5.41, 5.74) is 1.69. The van der Waals surface area contributed by atoms with E-state index in [1.165, 1.54) is 4.52 Å². The van der Waals surface area contributed by atoms with E-state index in [0.29, 0.717) is 15.4 Å². The molecule has 0 aliphatic heterocycles. The molecule has 4 rings (SSSR count). The van der Waals surface area contributed by atoms with Crippen LogP contribution in [0.15, 0.2) is 65.1 Å². The lowest BCUT2D eigenvalue weighted by molar-refractivity contribution is 0.596. The Hall–Kier alpha value is -2.64. The van der Waals surface area contributed by atoms with Crippen molar-refractivity contribution in [2.75, 3.05) is 0 Å². The van der Waals surface area contributed by atoms with E-state index >= 15 is 0 Å². The van der Waals surface area contributed by atoms with Gasteiger partial charge in [-0.25, -0.2) is 0 Å². The number of aromatic nitrogens is 4. The van der Waals surface area contributed by atoms with Crippen LogP contribution in [0.2, 0.25) is 0 Å². The summed E-state index contributed by atoms with van der Waals surface area (Å²) in [7, 11) is 0. The molecular formula is C16H10N4OS2. The highest BCUT2D eigenvalue weighted by atomic mass is 32.1. The summed E-state index contributed by atoms with van der Waals surface area (Å²) >= 11 is 10.9. The van der Waals surface area contributed by atoms with E-state index in [1.54, 1.807) is 4.57 Å². The average Bonchev–Trinajstić information content (AvgIpc) is 3.01. The SMILES string of the molecule is S=c1nc2oc(-c3ccccc3)nn2c(=S)n1-c1ccccc1. The second-order valence-electron chi connectivity index (χ2n) is 4.82. The largest absolute Gasteiger partial charge is 0.403 e. The standard InChI is InChI=1S/C16H10N4OS2/c22-15-17-14-20(16(23)19(15)12-9-5-2-6-10-12)18-13(21-14)11-7-3-1-4-8-11/h1-10H. The fraction of sp³-hybridized carbons (Fsp3) is 0. The summed E-state index contributed by atoms with van der Waals surface area (Å²) in [5.74, 6) is 0.732. The van der Waals surface area contributed by atoms with Crippen LogP contribution in [0.4, 0.5) is 0 Å². The van der Waals surface area contributed by atoms with Crippen LogP contribution >= 0.6 is 24.4 Å². The fourth-order valence-electron chi connectivity index (χ4n) is 2.28. The summed E-state index contributed by atoms with van der Waals surface area (Å²) in [5, 5.41) is 4.43. The molecule has 0 saturated heterocycles. The van der Waals surface area contributed by atoms with E-state index in [-0.39, 0.29) is 5.84 Å². The van der Waals surface area contributed by atoms with Gasteiger partial charge in [0, 0.05) is 5.56 Å². The van der Waals surface area contributed by atoms with Crippen molar-refractivity contribution in [3.8, 4) is 17.1 Å². The number of hydrogen-bond donors (Lipinski definition) is 0. The van der Waals surface area contributed by atoms with E-state index in [4.69, 9.17) is 28.9 Å². The van der Waals surface area contributed by atoms with E-state index in [2.05, 4.69) is 10.1 Å². The molecule has 2 aromatic carbocycles. The van der Waals surface area contributed by atoms with Gasteiger partial charge in [-0.2, -0.15) is 9.50 Å². The van der Waals surface area contributed by atoms with Crippen LogP contribution in [0.3, 0.4) is 0 Å². The van der Waals surface area contributed by atoms with Crippen molar-refractivity contribution in [3.05, 3.63) is 70.2 Å². The molecule has 2 heterocycles. The van der Waals surface area contributed by atoms with Crippen molar-refractivity contribution in [3.63, 3.8) is 0 Å². The minimum atomic E-state index is 0.283. The van der Waals surface area contributed by atoms with Crippen molar-refractivity contribution in [1.82, 2.24) is 19.2 Å².